The summed E-state index contributed by atoms with van der Waals surface area (Å²) in [6.07, 6.45) is 4.91. The van der Waals surface area contributed by atoms with Crippen LogP contribution in [0.25, 0.3) is 11.0 Å². The molecule has 1 N–H and O–H groups in total. The first kappa shape index (κ1) is 13.9. The number of fused-ring (bicyclic) bond motifs is 4. The van der Waals surface area contributed by atoms with Crippen LogP contribution in [-0.4, -0.2) is 28.6 Å². The molecule has 0 spiro atoms. The number of nitrogens with zero attached hydrogens (tertiary/aromatic N) is 1. The second-order valence-corrected chi connectivity index (χ2v) is 8.00. The Morgan fingerprint density at radius 3 is 2.96 bits per heavy atom. The zero-order chi connectivity index (χ0) is 15.7. The smallest absolute Gasteiger partial charge is 0.134 e. The summed E-state index contributed by atoms with van der Waals surface area (Å²) < 4.78 is 6.37. The summed E-state index contributed by atoms with van der Waals surface area (Å²) in [5.41, 5.74) is 2.32. The Hall–Kier alpha value is -1.48. The standard InChI is InChI=1S/C20H25NO2/c1-3-13-8-16-15-9-14(22)4-5-18(15)23-20(16)17-7-12-6-11(2)19(17)21(13)10-12/h4-5,9,11-13,17,19,22H,3,6-8,10H2,1-2H3. The normalized spacial score (nSPS) is 38.5. The van der Waals surface area contributed by atoms with E-state index in [2.05, 4.69) is 18.7 Å². The molecule has 6 unspecified atom stereocenters. The highest BCUT2D eigenvalue weighted by Crippen LogP contribution is 2.52. The first-order chi connectivity index (χ1) is 11.2. The second kappa shape index (κ2) is 4.76. The maximum absolute atomic E-state index is 9.93. The third kappa shape index (κ3) is 1.86. The Kier molecular flexibility index (Phi) is 2.88. The van der Waals surface area contributed by atoms with Crippen molar-refractivity contribution >= 4 is 11.0 Å². The molecule has 2 aromatic rings. The van der Waals surface area contributed by atoms with Crippen molar-refractivity contribution in [1.82, 2.24) is 4.90 Å². The van der Waals surface area contributed by atoms with Gasteiger partial charge in [-0.25, -0.2) is 0 Å². The van der Waals surface area contributed by atoms with E-state index in [1.165, 1.54) is 37.1 Å². The van der Waals surface area contributed by atoms with Crippen LogP contribution in [0.5, 0.6) is 5.75 Å². The minimum Gasteiger partial charge on any atom is -0.508 e. The van der Waals surface area contributed by atoms with E-state index in [4.69, 9.17) is 4.42 Å². The number of phenols is 1. The van der Waals surface area contributed by atoms with E-state index in [9.17, 15) is 5.11 Å². The Morgan fingerprint density at radius 1 is 1.30 bits per heavy atom. The van der Waals surface area contributed by atoms with Crippen LogP contribution < -0.4 is 0 Å². The van der Waals surface area contributed by atoms with Crippen LogP contribution in [0, 0.1) is 11.8 Å². The van der Waals surface area contributed by atoms with Crippen molar-refractivity contribution in [2.24, 2.45) is 11.8 Å². The molecule has 3 nitrogen and oxygen atoms in total. The maximum atomic E-state index is 9.93. The summed E-state index contributed by atoms with van der Waals surface area (Å²) in [5.74, 6) is 3.69. The van der Waals surface area contributed by atoms with E-state index in [0.717, 1.165) is 29.2 Å². The van der Waals surface area contributed by atoms with Gasteiger partial charge in [-0.05, 0) is 55.7 Å². The van der Waals surface area contributed by atoms with E-state index in [0.29, 0.717) is 23.8 Å². The van der Waals surface area contributed by atoms with Crippen LogP contribution >= 0.6 is 0 Å². The third-order valence-corrected chi connectivity index (χ3v) is 6.66. The highest BCUT2D eigenvalue weighted by molar-refractivity contribution is 5.84. The predicted molar refractivity (Wildman–Crippen MR) is 90.8 cm³/mol. The average molecular weight is 311 g/mol. The van der Waals surface area contributed by atoms with Crippen molar-refractivity contribution in [2.75, 3.05) is 6.54 Å². The molecule has 1 aromatic carbocycles. The van der Waals surface area contributed by atoms with E-state index in [1.54, 1.807) is 6.07 Å². The molecule has 3 heteroatoms. The minimum atomic E-state index is 0.344. The van der Waals surface area contributed by atoms with Crippen LogP contribution in [0.2, 0.25) is 0 Å². The van der Waals surface area contributed by atoms with Crippen molar-refractivity contribution < 1.29 is 9.52 Å². The van der Waals surface area contributed by atoms with Gasteiger partial charge in [-0.2, -0.15) is 0 Å². The molecule has 6 atom stereocenters. The molecule has 0 radical (unpaired) electrons. The topological polar surface area (TPSA) is 36.6 Å². The summed E-state index contributed by atoms with van der Waals surface area (Å²) in [6, 6.07) is 6.82. The van der Waals surface area contributed by atoms with Gasteiger partial charge >= 0.3 is 0 Å². The van der Waals surface area contributed by atoms with Crippen LogP contribution in [0.1, 0.15) is 50.4 Å². The van der Waals surface area contributed by atoms with Crippen molar-refractivity contribution in [3.05, 3.63) is 29.5 Å². The molecule has 1 aliphatic carbocycles. The predicted octanol–water partition coefficient (Wildman–Crippen LogP) is 4.29. The highest BCUT2D eigenvalue weighted by atomic mass is 16.3. The summed E-state index contributed by atoms with van der Waals surface area (Å²) in [4.78, 5) is 2.80. The zero-order valence-corrected chi connectivity index (χ0v) is 14.0. The van der Waals surface area contributed by atoms with Gasteiger partial charge in [0.2, 0.25) is 0 Å². The van der Waals surface area contributed by atoms with E-state index >= 15 is 0 Å². The lowest BCUT2D eigenvalue weighted by molar-refractivity contribution is -0.0363. The number of phenolic OH excluding ortho intramolecular Hbond substituents is 1. The molecule has 3 aliphatic heterocycles. The fourth-order valence-corrected chi connectivity index (χ4v) is 5.84. The van der Waals surface area contributed by atoms with Gasteiger partial charge in [0, 0.05) is 35.5 Å². The van der Waals surface area contributed by atoms with Crippen molar-refractivity contribution in [3.8, 4) is 5.75 Å². The van der Waals surface area contributed by atoms with Crippen LogP contribution in [0.4, 0.5) is 0 Å². The quantitative estimate of drug-likeness (QED) is 0.853. The highest BCUT2D eigenvalue weighted by Gasteiger charge is 2.50. The molecule has 2 saturated heterocycles. The second-order valence-electron chi connectivity index (χ2n) is 8.00. The molecule has 3 fully saturated rings. The van der Waals surface area contributed by atoms with Crippen LogP contribution in [0.15, 0.2) is 22.6 Å². The number of piperidine rings is 2. The van der Waals surface area contributed by atoms with Crippen LogP contribution in [-0.2, 0) is 6.42 Å². The number of hydrogen-bond acceptors (Lipinski definition) is 3. The minimum absolute atomic E-state index is 0.344. The lowest BCUT2D eigenvalue weighted by atomic mass is 9.66. The van der Waals surface area contributed by atoms with Gasteiger partial charge in [0.15, 0.2) is 0 Å². The van der Waals surface area contributed by atoms with Gasteiger partial charge < -0.3 is 9.52 Å². The number of rotatable bonds is 1. The third-order valence-electron chi connectivity index (χ3n) is 6.66. The van der Waals surface area contributed by atoms with Crippen molar-refractivity contribution in [3.63, 3.8) is 0 Å². The molecule has 6 rings (SSSR count). The zero-order valence-electron chi connectivity index (χ0n) is 14.0. The molecule has 0 amide bonds. The van der Waals surface area contributed by atoms with Crippen LogP contribution in [0.3, 0.4) is 0 Å². The van der Waals surface area contributed by atoms with Crippen molar-refractivity contribution in [2.45, 2.75) is 57.5 Å². The van der Waals surface area contributed by atoms with E-state index < -0.39 is 0 Å². The first-order valence-corrected chi connectivity index (χ1v) is 9.15. The molecule has 23 heavy (non-hydrogen) atoms. The molecular formula is C20H25NO2. The SMILES string of the molecule is CCC1Cc2c(oc3ccc(O)cc23)C2CC3CC(C)C2N1C3. The monoisotopic (exact) mass is 311 g/mol. The Labute approximate surface area is 137 Å². The molecule has 4 heterocycles. The molecular weight excluding hydrogens is 286 g/mol. The molecule has 122 valence electrons. The molecule has 4 aliphatic rings. The van der Waals surface area contributed by atoms with Crippen molar-refractivity contribution in [1.29, 1.82) is 0 Å². The Balaban J connectivity index is 1.73. The molecule has 4 bridgehead atoms. The van der Waals surface area contributed by atoms with Gasteiger partial charge in [-0.1, -0.05) is 13.8 Å². The van der Waals surface area contributed by atoms with Gasteiger partial charge in [0.1, 0.15) is 17.1 Å². The molecule has 1 aromatic heterocycles. The number of aromatic hydroxyl groups is 1. The van der Waals surface area contributed by atoms with Gasteiger partial charge in [-0.3, -0.25) is 4.90 Å². The number of furan rings is 1. The first-order valence-electron chi connectivity index (χ1n) is 9.15. The fraction of sp³-hybridized carbons (Fsp3) is 0.600. The summed E-state index contributed by atoms with van der Waals surface area (Å²) >= 11 is 0. The Bertz CT molecular complexity index is 764. The van der Waals surface area contributed by atoms with Gasteiger partial charge in [-0.15, -0.1) is 0 Å². The summed E-state index contributed by atoms with van der Waals surface area (Å²) in [5, 5.41) is 11.1. The lowest BCUT2D eigenvalue weighted by Gasteiger charge is -2.54. The fourth-order valence-electron chi connectivity index (χ4n) is 5.84. The summed E-state index contributed by atoms with van der Waals surface area (Å²) in [7, 11) is 0. The van der Waals surface area contributed by atoms with Gasteiger partial charge in [0.05, 0.1) is 0 Å². The largest absolute Gasteiger partial charge is 0.508 e. The number of hydrogen-bond donors (Lipinski definition) is 1. The van der Waals surface area contributed by atoms with E-state index in [-0.39, 0.29) is 0 Å². The summed E-state index contributed by atoms with van der Waals surface area (Å²) in [6.45, 7) is 6.02. The van der Waals surface area contributed by atoms with Gasteiger partial charge in [0.25, 0.3) is 0 Å². The lowest BCUT2D eigenvalue weighted by Crippen LogP contribution is -2.58. The average Bonchev–Trinajstić information content (AvgIpc) is 2.85. The maximum Gasteiger partial charge on any atom is 0.134 e. The molecule has 1 saturated carbocycles. The number of benzene rings is 1. The van der Waals surface area contributed by atoms with E-state index in [1.807, 2.05) is 12.1 Å². The Morgan fingerprint density at radius 2 is 2.17 bits per heavy atom.